The van der Waals surface area contributed by atoms with Crippen molar-refractivity contribution in [2.24, 2.45) is 0 Å². The summed E-state index contributed by atoms with van der Waals surface area (Å²) in [7, 11) is 0. The van der Waals surface area contributed by atoms with Crippen LogP contribution in [0.3, 0.4) is 0 Å². The summed E-state index contributed by atoms with van der Waals surface area (Å²) in [6, 6.07) is 32.3. The molecule has 3 aliphatic carbocycles. The first-order valence-electron chi connectivity index (χ1n) is 15.2. The average molecular weight is 766 g/mol. The third kappa shape index (κ3) is 4.13. The highest BCUT2D eigenvalue weighted by molar-refractivity contribution is 9.12. The third-order valence-corrected chi connectivity index (χ3v) is 11.9. The van der Waals surface area contributed by atoms with Crippen LogP contribution in [-0.2, 0) is 10.8 Å². The Morgan fingerprint density at radius 3 is 2.00 bits per heavy atom. The molecule has 1 nitrogen and oxygen atoms in total. The number of fused-ring (bicyclic) bond motifs is 8. The van der Waals surface area contributed by atoms with Crippen LogP contribution in [0, 0.1) is 0 Å². The van der Waals surface area contributed by atoms with E-state index >= 15 is 0 Å². The standard InChI is InChI=1S/C40H32Br3N/c1-39(2)33-19-27(44(25-13-9-23(41)10-14-25)26-15-11-24(42)12-16-26)17-18-28(33)31-20-35-32(21-34(31)39)38-30-8-6-5-7-29(30)37(43)22-36(38)40(35,3)4/h5-15,17-22,26H,16H2,1-4H3. The van der Waals surface area contributed by atoms with Gasteiger partial charge in [-0.1, -0.05) is 124 Å². The minimum absolute atomic E-state index is 0.0907. The Balaban J connectivity index is 1.29. The van der Waals surface area contributed by atoms with Crippen LogP contribution < -0.4 is 4.90 Å². The van der Waals surface area contributed by atoms with Gasteiger partial charge in [0.15, 0.2) is 0 Å². The fourth-order valence-corrected chi connectivity index (χ4v) is 8.99. The summed E-state index contributed by atoms with van der Waals surface area (Å²) in [5.74, 6) is 0. The van der Waals surface area contributed by atoms with Crippen LogP contribution in [0.1, 0.15) is 56.4 Å². The predicted molar refractivity (Wildman–Crippen MR) is 198 cm³/mol. The Kier molecular flexibility index (Phi) is 6.51. The summed E-state index contributed by atoms with van der Waals surface area (Å²) in [5, 5.41) is 2.60. The maximum Gasteiger partial charge on any atom is 0.0560 e. The third-order valence-electron chi connectivity index (χ3n) is 10.2. The van der Waals surface area contributed by atoms with E-state index in [9.17, 15) is 0 Å². The Bertz CT molecular complexity index is 2080. The molecule has 5 aromatic carbocycles. The first kappa shape index (κ1) is 28.5. The van der Waals surface area contributed by atoms with E-state index < -0.39 is 0 Å². The molecule has 3 aliphatic rings. The van der Waals surface area contributed by atoms with Gasteiger partial charge in [-0.15, -0.1) is 0 Å². The lowest BCUT2D eigenvalue weighted by Gasteiger charge is -2.34. The number of benzene rings is 5. The average Bonchev–Trinajstić information content (AvgIpc) is 3.37. The molecule has 0 N–H and O–H groups in total. The SMILES string of the molecule is CC1(C)c2cc(N(c3ccc(Br)cc3)C3C=CC(Br)=CC3)ccc2-c2cc3c(cc21)-c1c(cc(Br)c2ccccc12)C3(C)C. The van der Waals surface area contributed by atoms with Crippen LogP contribution in [-0.4, -0.2) is 6.04 Å². The van der Waals surface area contributed by atoms with Gasteiger partial charge >= 0.3 is 0 Å². The molecular formula is C40H32Br3N. The van der Waals surface area contributed by atoms with Crippen LogP contribution in [0.25, 0.3) is 33.0 Å². The van der Waals surface area contributed by atoms with Gasteiger partial charge in [-0.25, -0.2) is 0 Å². The fraction of sp³-hybridized carbons (Fsp3) is 0.200. The number of anilines is 2. The second-order valence-electron chi connectivity index (χ2n) is 13.3. The molecule has 0 heterocycles. The van der Waals surface area contributed by atoms with E-state index in [4.69, 9.17) is 0 Å². The first-order chi connectivity index (χ1) is 21.1. The van der Waals surface area contributed by atoms with Gasteiger partial charge in [0.1, 0.15) is 0 Å². The summed E-state index contributed by atoms with van der Waals surface area (Å²) < 4.78 is 3.41. The Morgan fingerprint density at radius 1 is 0.636 bits per heavy atom. The zero-order valence-electron chi connectivity index (χ0n) is 25.2. The topological polar surface area (TPSA) is 3.24 Å². The summed E-state index contributed by atoms with van der Waals surface area (Å²) >= 11 is 11.2. The van der Waals surface area contributed by atoms with Crippen molar-refractivity contribution in [3.05, 3.63) is 139 Å². The molecule has 1 atom stereocenters. The van der Waals surface area contributed by atoms with E-state index in [2.05, 4.69) is 184 Å². The van der Waals surface area contributed by atoms with Crippen molar-refractivity contribution in [1.29, 1.82) is 0 Å². The van der Waals surface area contributed by atoms with Gasteiger partial charge in [-0.05, 0) is 116 Å². The van der Waals surface area contributed by atoms with Crippen molar-refractivity contribution in [3.8, 4) is 22.3 Å². The summed E-state index contributed by atoms with van der Waals surface area (Å²) in [4.78, 5) is 2.49. The van der Waals surface area contributed by atoms with Crippen molar-refractivity contribution in [2.45, 2.75) is 51.0 Å². The molecule has 0 radical (unpaired) electrons. The van der Waals surface area contributed by atoms with E-state index in [1.54, 1.807) is 0 Å². The second kappa shape index (κ2) is 10.0. The number of hydrogen-bond acceptors (Lipinski definition) is 1. The summed E-state index contributed by atoms with van der Waals surface area (Å²) in [6.45, 7) is 9.57. The molecule has 0 amide bonds. The summed E-state index contributed by atoms with van der Waals surface area (Å²) in [6.07, 6.45) is 7.70. The van der Waals surface area contributed by atoms with E-state index in [0.717, 1.165) is 15.4 Å². The molecule has 0 aromatic heterocycles. The highest BCUT2D eigenvalue weighted by Crippen LogP contribution is 2.58. The zero-order valence-corrected chi connectivity index (χ0v) is 29.9. The van der Waals surface area contributed by atoms with Gasteiger partial charge in [0, 0.05) is 35.6 Å². The Hall–Kier alpha value is -2.92. The molecule has 4 heteroatoms. The molecule has 5 aromatic rings. The van der Waals surface area contributed by atoms with Crippen LogP contribution in [0.2, 0.25) is 0 Å². The van der Waals surface area contributed by atoms with E-state index in [1.165, 1.54) is 71.1 Å². The number of allylic oxidation sites excluding steroid dienone is 2. The summed E-state index contributed by atoms with van der Waals surface area (Å²) in [5.41, 5.74) is 13.3. The number of halogens is 3. The Morgan fingerprint density at radius 2 is 1.27 bits per heavy atom. The lowest BCUT2D eigenvalue weighted by molar-refractivity contribution is 0.651. The molecule has 0 saturated carbocycles. The number of rotatable bonds is 3. The van der Waals surface area contributed by atoms with E-state index in [-0.39, 0.29) is 16.9 Å². The quantitative estimate of drug-likeness (QED) is 0.177. The molecule has 0 bridgehead atoms. The van der Waals surface area contributed by atoms with Crippen LogP contribution in [0.15, 0.2) is 117 Å². The minimum atomic E-state index is -0.134. The molecule has 0 aliphatic heterocycles. The van der Waals surface area contributed by atoms with E-state index in [0.29, 0.717) is 0 Å². The zero-order chi connectivity index (χ0) is 30.5. The molecule has 0 saturated heterocycles. The van der Waals surface area contributed by atoms with Crippen LogP contribution in [0.5, 0.6) is 0 Å². The van der Waals surface area contributed by atoms with Gasteiger partial charge in [0.05, 0.1) is 6.04 Å². The maximum atomic E-state index is 3.89. The molecule has 8 rings (SSSR count). The van der Waals surface area contributed by atoms with Gasteiger partial charge in [0.25, 0.3) is 0 Å². The van der Waals surface area contributed by atoms with Gasteiger partial charge < -0.3 is 4.90 Å². The van der Waals surface area contributed by atoms with Gasteiger partial charge in [-0.3, -0.25) is 0 Å². The molecule has 0 fully saturated rings. The van der Waals surface area contributed by atoms with Crippen molar-refractivity contribution >= 4 is 69.9 Å². The molecular weight excluding hydrogens is 734 g/mol. The largest absolute Gasteiger partial charge is 0.334 e. The smallest absolute Gasteiger partial charge is 0.0560 e. The fourth-order valence-electron chi connectivity index (χ4n) is 7.81. The highest BCUT2D eigenvalue weighted by atomic mass is 79.9. The minimum Gasteiger partial charge on any atom is -0.334 e. The van der Waals surface area contributed by atoms with Crippen LogP contribution in [0.4, 0.5) is 11.4 Å². The molecule has 218 valence electrons. The molecule has 44 heavy (non-hydrogen) atoms. The predicted octanol–water partition coefficient (Wildman–Crippen LogP) is 12.7. The van der Waals surface area contributed by atoms with Crippen molar-refractivity contribution in [3.63, 3.8) is 0 Å². The normalized spacial score (nSPS) is 18.4. The van der Waals surface area contributed by atoms with Crippen molar-refractivity contribution in [1.82, 2.24) is 0 Å². The van der Waals surface area contributed by atoms with Gasteiger partial charge in [0.2, 0.25) is 0 Å². The lowest BCUT2D eigenvalue weighted by Crippen LogP contribution is -2.30. The molecule has 0 spiro atoms. The van der Waals surface area contributed by atoms with E-state index in [1.807, 2.05) is 0 Å². The van der Waals surface area contributed by atoms with Crippen molar-refractivity contribution < 1.29 is 0 Å². The van der Waals surface area contributed by atoms with Crippen LogP contribution >= 0.6 is 47.8 Å². The molecule has 1 unspecified atom stereocenters. The second-order valence-corrected chi connectivity index (χ2v) is 16.0. The monoisotopic (exact) mass is 763 g/mol. The van der Waals surface area contributed by atoms with Crippen molar-refractivity contribution in [2.75, 3.05) is 4.90 Å². The number of hydrogen-bond donors (Lipinski definition) is 0. The number of nitrogens with zero attached hydrogens (tertiary/aromatic N) is 1. The first-order valence-corrected chi connectivity index (χ1v) is 17.6. The lowest BCUT2D eigenvalue weighted by atomic mass is 9.79. The highest BCUT2D eigenvalue weighted by Gasteiger charge is 2.42. The van der Waals surface area contributed by atoms with Gasteiger partial charge in [-0.2, -0.15) is 0 Å². The maximum absolute atomic E-state index is 3.89. The Labute approximate surface area is 285 Å².